The number of ether oxygens (including phenoxy) is 1. The van der Waals surface area contributed by atoms with Crippen molar-refractivity contribution >= 4 is 35.6 Å². The largest absolute Gasteiger partial charge is 0.383 e. The first-order valence-corrected chi connectivity index (χ1v) is 9.36. The summed E-state index contributed by atoms with van der Waals surface area (Å²) in [7, 11) is 1.62. The minimum atomic E-state index is -0.438. The maximum atomic E-state index is 12.8. The predicted molar refractivity (Wildman–Crippen MR) is 102 cm³/mol. The molecule has 2 heterocycles. The van der Waals surface area contributed by atoms with Crippen molar-refractivity contribution in [3.63, 3.8) is 0 Å². The molecule has 0 spiro atoms. The number of thiophene rings is 1. The van der Waals surface area contributed by atoms with Crippen molar-refractivity contribution in [2.45, 2.75) is 38.8 Å². The molecule has 1 aromatic rings. The number of amides is 2. The first-order valence-electron chi connectivity index (χ1n) is 8.48. The van der Waals surface area contributed by atoms with Crippen molar-refractivity contribution in [3.05, 3.63) is 21.9 Å². The van der Waals surface area contributed by atoms with Crippen LogP contribution in [0.15, 0.2) is 11.4 Å². The van der Waals surface area contributed by atoms with Gasteiger partial charge in [-0.15, -0.1) is 23.7 Å². The van der Waals surface area contributed by atoms with Gasteiger partial charge in [0.1, 0.15) is 6.04 Å². The second kappa shape index (κ2) is 11.5. The van der Waals surface area contributed by atoms with Crippen molar-refractivity contribution in [1.82, 2.24) is 15.5 Å². The Balaban J connectivity index is 0.00000312. The lowest BCUT2D eigenvalue weighted by atomic mass is 10.1. The number of nitrogens with one attached hydrogen (secondary N) is 2. The van der Waals surface area contributed by atoms with Crippen LogP contribution < -0.4 is 10.6 Å². The highest BCUT2D eigenvalue weighted by Gasteiger charge is 2.28. The zero-order chi connectivity index (χ0) is 17.4. The highest BCUT2D eigenvalue weighted by Crippen LogP contribution is 2.24. The van der Waals surface area contributed by atoms with Gasteiger partial charge in [-0.1, -0.05) is 13.3 Å². The summed E-state index contributed by atoms with van der Waals surface area (Å²) < 4.78 is 4.93. The Morgan fingerprint density at radius 3 is 2.96 bits per heavy atom. The van der Waals surface area contributed by atoms with Gasteiger partial charge in [-0.2, -0.15) is 0 Å². The van der Waals surface area contributed by atoms with E-state index in [-0.39, 0.29) is 30.8 Å². The summed E-state index contributed by atoms with van der Waals surface area (Å²) in [5.74, 6) is -0.120. The minimum Gasteiger partial charge on any atom is -0.383 e. The normalized spacial score (nSPS) is 14.4. The molecular formula is C17H28ClN3O3S. The number of fused-ring (bicyclic) bond motifs is 1. The topological polar surface area (TPSA) is 70.7 Å². The van der Waals surface area contributed by atoms with Gasteiger partial charge in [0.15, 0.2) is 0 Å². The quantitative estimate of drug-likeness (QED) is 0.629. The second-order valence-electron chi connectivity index (χ2n) is 5.96. The number of nitrogens with zero attached hydrogens (tertiary/aromatic N) is 1. The molecule has 1 aliphatic heterocycles. The Morgan fingerprint density at radius 1 is 1.44 bits per heavy atom. The van der Waals surface area contributed by atoms with Gasteiger partial charge < -0.3 is 20.3 Å². The Labute approximate surface area is 159 Å². The van der Waals surface area contributed by atoms with Crippen molar-refractivity contribution in [1.29, 1.82) is 0 Å². The maximum Gasteiger partial charge on any atom is 0.245 e. The molecule has 8 heteroatoms. The van der Waals surface area contributed by atoms with Crippen LogP contribution in [0.1, 0.15) is 30.2 Å². The molecule has 1 aromatic heterocycles. The SMILES string of the molecule is CCCC(NC(=O)CNCCOC)C(=O)N1CCc2sccc2C1.Cl. The van der Waals surface area contributed by atoms with E-state index in [1.165, 1.54) is 10.4 Å². The number of halogens is 1. The van der Waals surface area contributed by atoms with Crippen LogP contribution in [0.4, 0.5) is 0 Å². The van der Waals surface area contributed by atoms with Gasteiger partial charge in [0.05, 0.1) is 13.2 Å². The van der Waals surface area contributed by atoms with Gasteiger partial charge in [-0.05, 0) is 29.9 Å². The zero-order valence-corrected chi connectivity index (χ0v) is 16.5. The van der Waals surface area contributed by atoms with E-state index in [1.807, 2.05) is 11.8 Å². The third-order valence-electron chi connectivity index (χ3n) is 4.10. The highest BCUT2D eigenvalue weighted by molar-refractivity contribution is 7.10. The molecule has 6 nitrogen and oxygen atoms in total. The molecular weight excluding hydrogens is 362 g/mol. The molecule has 0 bridgehead atoms. The fraction of sp³-hybridized carbons (Fsp3) is 0.647. The van der Waals surface area contributed by atoms with Crippen LogP contribution in [-0.4, -0.2) is 56.1 Å². The molecule has 0 aromatic carbocycles. The van der Waals surface area contributed by atoms with Crippen molar-refractivity contribution in [2.75, 3.05) is 33.4 Å². The van der Waals surface area contributed by atoms with Gasteiger partial charge in [0.25, 0.3) is 0 Å². The summed E-state index contributed by atoms with van der Waals surface area (Å²) in [5, 5.41) is 7.96. The van der Waals surface area contributed by atoms with Crippen LogP contribution >= 0.6 is 23.7 Å². The van der Waals surface area contributed by atoms with E-state index >= 15 is 0 Å². The summed E-state index contributed by atoms with van der Waals surface area (Å²) in [6.45, 7) is 4.78. The molecule has 0 aliphatic carbocycles. The number of hydrogen-bond donors (Lipinski definition) is 2. The van der Waals surface area contributed by atoms with Gasteiger partial charge in [-0.3, -0.25) is 9.59 Å². The van der Waals surface area contributed by atoms with E-state index in [2.05, 4.69) is 22.1 Å². The number of hydrogen-bond acceptors (Lipinski definition) is 5. The Hall–Kier alpha value is -1.15. The molecule has 0 radical (unpaired) electrons. The summed E-state index contributed by atoms with van der Waals surface area (Å²) in [6, 6.07) is 1.65. The van der Waals surface area contributed by atoms with E-state index in [0.717, 1.165) is 19.4 Å². The van der Waals surface area contributed by atoms with Crippen molar-refractivity contribution in [2.24, 2.45) is 0 Å². The molecule has 1 unspecified atom stereocenters. The van der Waals surface area contributed by atoms with Crippen LogP contribution in [0.3, 0.4) is 0 Å². The van der Waals surface area contributed by atoms with E-state index in [0.29, 0.717) is 26.1 Å². The minimum absolute atomic E-state index is 0. The summed E-state index contributed by atoms with van der Waals surface area (Å²) in [6.07, 6.45) is 2.42. The molecule has 25 heavy (non-hydrogen) atoms. The third kappa shape index (κ3) is 6.58. The molecule has 1 atom stereocenters. The van der Waals surface area contributed by atoms with Crippen molar-refractivity contribution < 1.29 is 14.3 Å². The first-order chi connectivity index (χ1) is 11.7. The molecule has 2 rings (SSSR count). The Morgan fingerprint density at radius 2 is 2.24 bits per heavy atom. The third-order valence-corrected chi connectivity index (χ3v) is 5.12. The van der Waals surface area contributed by atoms with Crippen LogP contribution in [0.2, 0.25) is 0 Å². The molecule has 1 aliphatic rings. The van der Waals surface area contributed by atoms with E-state index in [4.69, 9.17) is 4.74 Å². The summed E-state index contributed by atoms with van der Waals surface area (Å²) >= 11 is 1.76. The zero-order valence-electron chi connectivity index (χ0n) is 14.9. The van der Waals surface area contributed by atoms with Gasteiger partial charge in [-0.25, -0.2) is 0 Å². The second-order valence-corrected chi connectivity index (χ2v) is 6.96. The number of carbonyl (C=O) groups is 2. The van der Waals surface area contributed by atoms with Crippen LogP contribution in [0, 0.1) is 0 Å². The fourth-order valence-electron chi connectivity index (χ4n) is 2.82. The number of rotatable bonds is 9. The molecule has 0 saturated heterocycles. The molecule has 0 fully saturated rings. The molecule has 0 saturated carbocycles. The lowest BCUT2D eigenvalue weighted by Crippen LogP contribution is -2.51. The Kier molecular flexibility index (Phi) is 10.0. The monoisotopic (exact) mass is 389 g/mol. The summed E-state index contributed by atoms with van der Waals surface area (Å²) in [5.41, 5.74) is 1.24. The van der Waals surface area contributed by atoms with Gasteiger partial charge in [0, 0.05) is 31.6 Å². The number of methoxy groups -OCH3 is 1. The highest BCUT2D eigenvalue weighted by atomic mass is 35.5. The smallest absolute Gasteiger partial charge is 0.245 e. The average Bonchev–Trinajstić information content (AvgIpc) is 3.05. The lowest BCUT2D eigenvalue weighted by molar-refractivity contribution is -0.137. The summed E-state index contributed by atoms with van der Waals surface area (Å²) in [4.78, 5) is 28.1. The van der Waals surface area contributed by atoms with Crippen LogP contribution in [0.25, 0.3) is 0 Å². The standard InChI is InChI=1S/C17H27N3O3S.ClH/c1-3-4-14(19-16(21)11-18-7-9-23-2)17(22)20-8-5-15-13(12-20)6-10-24-15;/h6,10,14,18H,3-5,7-9,11-12H2,1-2H3,(H,19,21);1H. The lowest BCUT2D eigenvalue weighted by Gasteiger charge is -2.31. The molecule has 2 amide bonds. The fourth-order valence-corrected chi connectivity index (χ4v) is 3.71. The first kappa shape index (κ1) is 21.9. The predicted octanol–water partition coefficient (Wildman–Crippen LogP) is 1.58. The molecule has 2 N–H and O–H groups in total. The van der Waals surface area contributed by atoms with Crippen LogP contribution in [0.5, 0.6) is 0 Å². The van der Waals surface area contributed by atoms with Gasteiger partial charge >= 0.3 is 0 Å². The van der Waals surface area contributed by atoms with E-state index < -0.39 is 6.04 Å². The van der Waals surface area contributed by atoms with E-state index in [9.17, 15) is 9.59 Å². The molecule has 142 valence electrons. The van der Waals surface area contributed by atoms with E-state index in [1.54, 1.807) is 18.4 Å². The Bertz CT molecular complexity index is 553. The van der Waals surface area contributed by atoms with Crippen LogP contribution in [-0.2, 0) is 27.3 Å². The van der Waals surface area contributed by atoms with Gasteiger partial charge in [0.2, 0.25) is 11.8 Å². The van der Waals surface area contributed by atoms with Crippen molar-refractivity contribution in [3.8, 4) is 0 Å². The average molecular weight is 390 g/mol. The number of carbonyl (C=O) groups excluding carboxylic acids is 2. The maximum absolute atomic E-state index is 12.8.